The van der Waals surface area contributed by atoms with E-state index in [1.165, 1.54) is 0 Å². The Morgan fingerprint density at radius 1 is 1.05 bits per heavy atom. The number of carbonyl (C=O) groups is 1. The Morgan fingerprint density at radius 3 is 2.66 bits per heavy atom. The summed E-state index contributed by atoms with van der Waals surface area (Å²) in [4.78, 5) is 13.0. The first-order valence-electron chi connectivity index (χ1n) is 14.4. The standard InChI is InChI=1S/C29H46O9/c1-18-9-22(34-13-18)7-8-29(12-24(31-3)16-36-29)38-27-19(2)14-35-25-6-5-23(37-28(25)27)11-21(30)10-20-15-33-17-26(20)32-4/h19-20,22-28H,1,5-17H2,2-4H3/t19?,20?,22?,23?,24-,25?,26+,27?,28?,29?/m1/s1. The second-order valence-electron chi connectivity index (χ2n) is 12.0. The fourth-order valence-corrected chi connectivity index (χ4v) is 6.71. The highest BCUT2D eigenvalue weighted by molar-refractivity contribution is 5.79. The Labute approximate surface area is 226 Å². The smallest absolute Gasteiger partial charge is 0.171 e. The Morgan fingerprint density at radius 2 is 1.92 bits per heavy atom. The fraction of sp³-hybridized carbons (Fsp3) is 0.897. The lowest BCUT2D eigenvalue weighted by molar-refractivity contribution is -0.307. The van der Waals surface area contributed by atoms with Crippen molar-refractivity contribution < 1.29 is 42.7 Å². The zero-order chi connectivity index (χ0) is 26.7. The number of carbonyl (C=O) groups excluding carboxylic acids is 1. The van der Waals surface area contributed by atoms with Crippen LogP contribution in [0.25, 0.3) is 0 Å². The molecule has 0 amide bonds. The first-order chi connectivity index (χ1) is 18.4. The van der Waals surface area contributed by atoms with E-state index in [1.54, 1.807) is 14.2 Å². The highest BCUT2D eigenvalue weighted by Crippen LogP contribution is 2.42. The van der Waals surface area contributed by atoms with Crippen LogP contribution in [0.1, 0.15) is 58.3 Å². The zero-order valence-corrected chi connectivity index (χ0v) is 23.3. The van der Waals surface area contributed by atoms with Crippen molar-refractivity contribution in [2.24, 2.45) is 11.8 Å². The van der Waals surface area contributed by atoms with Gasteiger partial charge in [0.25, 0.3) is 0 Å². The van der Waals surface area contributed by atoms with Crippen molar-refractivity contribution in [1.29, 1.82) is 0 Å². The van der Waals surface area contributed by atoms with Crippen LogP contribution in [-0.4, -0.2) is 102 Å². The first kappa shape index (κ1) is 28.6. The number of Topliss-reactive ketones (excluding diaryl/α,β-unsaturated/α-hetero) is 1. The molecule has 0 spiro atoms. The summed E-state index contributed by atoms with van der Waals surface area (Å²) < 4.78 is 48.6. The normalized spacial score (nSPS) is 43.4. The van der Waals surface area contributed by atoms with E-state index in [0.717, 1.165) is 37.7 Å². The van der Waals surface area contributed by atoms with Crippen molar-refractivity contribution in [3.8, 4) is 0 Å². The molecule has 9 nitrogen and oxygen atoms in total. The van der Waals surface area contributed by atoms with Crippen LogP contribution in [0.2, 0.25) is 0 Å². The molecule has 5 saturated heterocycles. The molecule has 216 valence electrons. The van der Waals surface area contributed by atoms with Gasteiger partial charge in [-0.3, -0.25) is 4.79 Å². The molecule has 5 aliphatic rings. The molecule has 0 aliphatic carbocycles. The van der Waals surface area contributed by atoms with Gasteiger partial charge < -0.3 is 37.9 Å². The van der Waals surface area contributed by atoms with Crippen LogP contribution in [-0.2, 0) is 42.7 Å². The molecule has 5 heterocycles. The maximum atomic E-state index is 13.0. The Bertz CT molecular complexity index is 820. The molecule has 5 fully saturated rings. The van der Waals surface area contributed by atoms with Gasteiger partial charge >= 0.3 is 0 Å². The second kappa shape index (κ2) is 12.7. The highest BCUT2D eigenvalue weighted by atomic mass is 16.7. The summed E-state index contributed by atoms with van der Waals surface area (Å²) in [6, 6.07) is 0. The molecule has 0 saturated carbocycles. The number of fused-ring (bicyclic) bond motifs is 1. The Hall–Kier alpha value is -0.910. The SMILES string of the molecule is C=C1COC(CCC2(OC3C(C)COC4CCC(CC(=O)CC5COC[C@@H]5OC)OC43)C[C@@H](OC)CO2)C1. The zero-order valence-electron chi connectivity index (χ0n) is 23.3. The molecule has 0 N–H and O–H groups in total. The van der Waals surface area contributed by atoms with E-state index in [-0.39, 0.29) is 60.3 Å². The van der Waals surface area contributed by atoms with Crippen molar-refractivity contribution >= 4 is 5.78 Å². The quantitative estimate of drug-likeness (QED) is 0.368. The van der Waals surface area contributed by atoms with Gasteiger partial charge in [-0.05, 0) is 31.3 Å². The summed E-state index contributed by atoms with van der Waals surface area (Å²) in [6.07, 6.45) is 5.16. The third-order valence-corrected chi connectivity index (χ3v) is 8.98. The molecule has 0 aromatic carbocycles. The van der Waals surface area contributed by atoms with Gasteiger partial charge in [-0.2, -0.15) is 0 Å². The van der Waals surface area contributed by atoms with Crippen molar-refractivity contribution in [3.05, 3.63) is 12.2 Å². The minimum absolute atomic E-state index is 0.00598. The van der Waals surface area contributed by atoms with E-state index >= 15 is 0 Å². The number of hydrogen-bond acceptors (Lipinski definition) is 9. The van der Waals surface area contributed by atoms with Crippen LogP contribution >= 0.6 is 0 Å². The molecule has 0 aromatic rings. The number of rotatable bonds is 11. The van der Waals surface area contributed by atoms with E-state index in [9.17, 15) is 4.79 Å². The molecule has 8 unspecified atom stereocenters. The van der Waals surface area contributed by atoms with Gasteiger partial charge in [0.2, 0.25) is 0 Å². The van der Waals surface area contributed by atoms with E-state index in [4.69, 9.17) is 37.9 Å². The van der Waals surface area contributed by atoms with Crippen LogP contribution in [0.4, 0.5) is 0 Å². The van der Waals surface area contributed by atoms with E-state index in [2.05, 4.69) is 13.5 Å². The summed E-state index contributed by atoms with van der Waals surface area (Å²) in [7, 11) is 3.40. The monoisotopic (exact) mass is 538 g/mol. The average molecular weight is 539 g/mol. The summed E-state index contributed by atoms with van der Waals surface area (Å²) in [5.74, 6) is -0.302. The predicted octanol–water partition coefficient (Wildman–Crippen LogP) is 3.22. The van der Waals surface area contributed by atoms with Gasteiger partial charge in [0.15, 0.2) is 5.79 Å². The van der Waals surface area contributed by atoms with Gasteiger partial charge in [-0.1, -0.05) is 13.5 Å². The number of methoxy groups -OCH3 is 2. The van der Waals surface area contributed by atoms with Crippen molar-refractivity contribution in [2.75, 3.05) is 47.3 Å². The molecule has 0 bridgehead atoms. The van der Waals surface area contributed by atoms with Gasteiger partial charge in [0.1, 0.15) is 11.9 Å². The third kappa shape index (κ3) is 6.69. The summed E-state index contributed by atoms with van der Waals surface area (Å²) >= 11 is 0. The summed E-state index contributed by atoms with van der Waals surface area (Å²) in [5.41, 5.74) is 1.14. The average Bonchev–Trinajstić information content (AvgIpc) is 3.65. The van der Waals surface area contributed by atoms with Gasteiger partial charge in [0, 0.05) is 51.7 Å². The number of ether oxygens (including phenoxy) is 8. The van der Waals surface area contributed by atoms with Crippen molar-refractivity contribution in [2.45, 2.75) is 107 Å². The van der Waals surface area contributed by atoms with E-state index in [0.29, 0.717) is 52.3 Å². The number of ketones is 1. The minimum Gasteiger partial charge on any atom is -0.379 e. The lowest BCUT2D eigenvalue weighted by Crippen LogP contribution is -2.58. The molecule has 10 atom stereocenters. The lowest BCUT2D eigenvalue weighted by Gasteiger charge is -2.48. The predicted molar refractivity (Wildman–Crippen MR) is 138 cm³/mol. The van der Waals surface area contributed by atoms with Crippen LogP contribution in [0.3, 0.4) is 0 Å². The topological polar surface area (TPSA) is 90.9 Å². The molecule has 38 heavy (non-hydrogen) atoms. The fourth-order valence-electron chi connectivity index (χ4n) is 6.71. The van der Waals surface area contributed by atoms with Crippen LogP contribution in [0.5, 0.6) is 0 Å². The molecule has 0 radical (unpaired) electrons. The lowest BCUT2D eigenvalue weighted by atomic mass is 9.86. The molecular formula is C29H46O9. The second-order valence-corrected chi connectivity index (χ2v) is 12.0. The first-order valence-corrected chi connectivity index (χ1v) is 14.4. The summed E-state index contributed by atoms with van der Waals surface area (Å²) in [6.45, 7) is 9.10. The summed E-state index contributed by atoms with van der Waals surface area (Å²) in [5, 5.41) is 0. The third-order valence-electron chi connectivity index (χ3n) is 8.98. The molecule has 0 aromatic heterocycles. The minimum atomic E-state index is -0.751. The molecule has 5 aliphatic heterocycles. The van der Waals surface area contributed by atoms with E-state index < -0.39 is 5.79 Å². The van der Waals surface area contributed by atoms with Crippen molar-refractivity contribution in [3.63, 3.8) is 0 Å². The maximum Gasteiger partial charge on any atom is 0.171 e. The van der Waals surface area contributed by atoms with Crippen LogP contribution in [0, 0.1) is 11.8 Å². The van der Waals surface area contributed by atoms with Gasteiger partial charge in [0.05, 0.1) is 69.7 Å². The van der Waals surface area contributed by atoms with Gasteiger partial charge in [-0.25, -0.2) is 0 Å². The highest BCUT2D eigenvalue weighted by Gasteiger charge is 2.51. The van der Waals surface area contributed by atoms with Gasteiger partial charge in [-0.15, -0.1) is 0 Å². The number of hydrogen-bond donors (Lipinski definition) is 0. The molecule has 9 heteroatoms. The molecular weight excluding hydrogens is 492 g/mol. The van der Waals surface area contributed by atoms with E-state index in [1.807, 2.05) is 0 Å². The Balaban J connectivity index is 1.22. The Kier molecular flexibility index (Phi) is 9.58. The van der Waals surface area contributed by atoms with Crippen LogP contribution in [0.15, 0.2) is 12.2 Å². The van der Waals surface area contributed by atoms with Crippen LogP contribution < -0.4 is 0 Å². The van der Waals surface area contributed by atoms with Crippen molar-refractivity contribution in [1.82, 2.24) is 0 Å². The maximum absolute atomic E-state index is 13.0. The molecule has 5 rings (SSSR count). The largest absolute Gasteiger partial charge is 0.379 e.